The van der Waals surface area contributed by atoms with Crippen molar-refractivity contribution in [3.05, 3.63) is 5.82 Å². The fourth-order valence-electron chi connectivity index (χ4n) is 3.25. The lowest BCUT2D eigenvalue weighted by Gasteiger charge is -2.33. The van der Waals surface area contributed by atoms with E-state index in [9.17, 15) is 13.2 Å². The lowest BCUT2D eigenvalue weighted by Crippen LogP contribution is -2.51. The molecule has 0 spiro atoms. The summed E-state index contributed by atoms with van der Waals surface area (Å²) in [6.45, 7) is 8.61. The third-order valence-electron chi connectivity index (χ3n) is 4.95. The van der Waals surface area contributed by atoms with E-state index in [0.29, 0.717) is 18.9 Å². The van der Waals surface area contributed by atoms with Crippen molar-refractivity contribution in [1.82, 2.24) is 29.8 Å². The summed E-state index contributed by atoms with van der Waals surface area (Å²) in [5.41, 5.74) is -0.280. The molecule has 2 heterocycles. The van der Waals surface area contributed by atoms with E-state index in [1.807, 2.05) is 20.8 Å². The van der Waals surface area contributed by atoms with Gasteiger partial charge in [-0.15, -0.1) is 5.10 Å². The van der Waals surface area contributed by atoms with Crippen LogP contribution in [0.2, 0.25) is 0 Å². The molecule has 146 valence electrons. The van der Waals surface area contributed by atoms with Gasteiger partial charge in [0.1, 0.15) is 6.04 Å². The monoisotopic (exact) mass is 384 g/mol. The van der Waals surface area contributed by atoms with Gasteiger partial charge in [-0.3, -0.25) is 4.79 Å². The van der Waals surface area contributed by atoms with Crippen LogP contribution in [0.4, 0.5) is 0 Å². The summed E-state index contributed by atoms with van der Waals surface area (Å²) in [6.07, 6.45) is 3.03. The minimum atomic E-state index is -3.20. The maximum Gasteiger partial charge on any atom is 0.244 e. The zero-order chi connectivity index (χ0) is 19.1. The number of aromatic nitrogens is 4. The highest BCUT2D eigenvalue weighted by molar-refractivity contribution is 7.90. The molecule has 10 heteroatoms. The number of piperidine rings is 1. The fraction of sp³-hybridized carbons (Fsp3) is 0.875. The fourth-order valence-corrected chi connectivity index (χ4v) is 5.17. The van der Waals surface area contributed by atoms with Gasteiger partial charge in [-0.25, -0.2) is 13.1 Å². The lowest BCUT2D eigenvalue weighted by molar-refractivity contribution is -0.125. The molecule has 1 saturated carbocycles. The number of nitrogens with zero attached hydrogens (tertiary/aromatic N) is 5. The van der Waals surface area contributed by atoms with Crippen molar-refractivity contribution in [3.63, 3.8) is 0 Å². The van der Waals surface area contributed by atoms with E-state index in [0.717, 1.165) is 25.7 Å². The number of hydrogen-bond donors (Lipinski definition) is 1. The van der Waals surface area contributed by atoms with Crippen LogP contribution < -0.4 is 5.32 Å². The first kappa shape index (κ1) is 19.2. The van der Waals surface area contributed by atoms with Crippen LogP contribution in [-0.4, -0.2) is 63.2 Å². The number of amides is 1. The van der Waals surface area contributed by atoms with Gasteiger partial charge in [0.05, 0.1) is 5.25 Å². The van der Waals surface area contributed by atoms with E-state index < -0.39 is 16.1 Å². The minimum absolute atomic E-state index is 0.179. The molecular weight excluding hydrogens is 356 g/mol. The Morgan fingerprint density at radius 3 is 2.58 bits per heavy atom. The quantitative estimate of drug-likeness (QED) is 0.796. The maximum absolute atomic E-state index is 12.7. The Morgan fingerprint density at radius 1 is 1.27 bits per heavy atom. The van der Waals surface area contributed by atoms with E-state index >= 15 is 0 Å². The van der Waals surface area contributed by atoms with Crippen LogP contribution in [0.1, 0.15) is 65.2 Å². The zero-order valence-electron chi connectivity index (χ0n) is 15.8. The molecule has 1 amide bonds. The Balaban J connectivity index is 1.65. The Hall–Kier alpha value is -1.55. The summed E-state index contributed by atoms with van der Waals surface area (Å²) in [5, 5.41) is 14.5. The van der Waals surface area contributed by atoms with E-state index in [2.05, 4.69) is 20.8 Å². The van der Waals surface area contributed by atoms with Gasteiger partial charge >= 0.3 is 0 Å². The van der Waals surface area contributed by atoms with Crippen LogP contribution in [0, 0.1) is 0 Å². The smallest absolute Gasteiger partial charge is 0.244 e. The number of sulfonamides is 1. The Kier molecular flexibility index (Phi) is 5.08. The van der Waals surface area contributed by atoms with Gasteiger partial charge in [0.15, 0.2) is 5.82 Å². The largest absolute Gasteiger partial charge is 0.350 e. The summed E-state index contributed by atoms with van der Waals surface area (Å²) in [6, 6.07) is -0.739. The highest BCUT2D eigenvalue weighted by Crippen LogP contribution is 2.32. The Labute approximate surface area is 154 Å². The van der Waals surface area contributed by atoms with Gasteiger partial charge in [-0.1, -0.05) is 20.8 Å². The predicted molar refractivity (Wildman–Crippen MR) is 95.9 cm³/mol. The zero-order valence-corrected chi connectivity index (χ0v) is 16.7. The summed E-state index contributed by atoms with van der Waals surface area (Å²) in [7, 11) is -3.20. The average molecular weight is 385 g/mol. The van der Waals surface area contributed by atoms with Crippen LogP contribution in [0.5, 0.6) is 0 Å². The van der Waals surface area contributed by atoms with Crippen molar-refractivity contribution < 1.29 is 13.2 Å². The first-order chi connectivity index (χ1) is 12.1. The minimum Gasteiger partial charge on any atom is -0.350 e. The molecule has 2 atom stereocenters. The highest BCUT2D eigenvalue weighted by atomic mass is 32.2. The Morgan fingerprint density at radius 2 is 1.96 bits per heavy atom. The van der Waals surface area contributed by atoms with E-state index in [4.69, 9.17) is 0 Å². The number of hydrogen-bond acceptors (Lipinski definition) is 6. The topological polar surface area (TPSA) is 110 Å². The maximum atomic E-state index is 12.7. The number of carbonyl (C=O) groups excluding carboxylic acids is 1. The van der Waals surface area contributed by atoms with Gasteiger partial charge in [0.2, 0.25) is 15.9 Å². The molecule has 3 rings (SSSR count). The summed E-state index contributed by atoms with van der Waals surface area (Å²) in [5.74, 6) is 0.445. The third kappa shape index (κ3) is 3.90. The molecule has 1 unspecified atom stereocenters. The number of rotatable bonds is 5. The third-order valence-corrected chi connectivity index (χ3v) is 7.31. The second-order valence-electron chi connectivity index (χ2n) is 8.32. The molecule has 2 fully saturated rings. The van der Waals surface area contributed by atoms with Crippen molar-refractivity contribution in [2.24, 2.45) is 0 Å². The summed E-state index contributed by atoms with van der Waals surface area (Å²) >= 11 is 0. The highest BCUT2D eigenvalue weighted by Gasteiger charge is 2.42. The SMILES string of the molecule is CC(C(=O)N[C@@H]1CCCN(S(=O)(=O)C2CC2)C1)n1nnnc1C(C)(C)C. The number of carbonyl (C=O) groups is 1. The first-order valence-corrected chi connectivity index (χ1v) is 10.7. The molecule has 0 radical (unpaired) electrons. The summed E-state index contributed by atoms with van der Waals surface area (Å²) < 4.78 is 28.0. The Bertz CT molecular complexity index is 765. The average Bonchev–Trinajstić information content (AvgIpc) is 3.31. The van der Waals surface area contributed by atoms with Crippen LogP contribution in [-0.2, 0) is 20.2 Å². The van der Waals surface area contributed by atoms with Gasteiger partial charge in [-0.05, 0) is 43.0 Å². The predicted octanol–water partition coefficient (Wildman–Crippen LogP) is 0.604. The molecule has 9 nitrogen and oxygen atoms in total. The second kappa shape index (κ2) is 6.88. The molecular formula is C16H28N6O3S. The van der Waals surface area contributed by atoms with Gasteiger partial charge < -0.3 is 5.32 Å². The second-order valence-corrected chi connectivity index (χ2v) is 10.5. The molecule has 1 aromatic heterocycles. The van der Waals surface area contributed by atoms with Gasteiger partial charge in [0.25, 0.3) is 0 Å². The molecule has 1 saturated heterocycles. The lowest BCUT2D eigenvalue weighted by atomic mass is 9.95. The molecule has 1 aliphatic heterocycles. The molecule has 1 N–H and O–H groups in total. The van der Waals surface area contributed by atoms with Crippen molar-refractivity contribution >= 4 is 15.9 Å². The van der Waals surface area contributed by atoms with Crippen molar-refractivity contribution in [2.75, 3.05) is 13.1 Å². The standard InChI is InChI=1S/C16H28N6O3S/c1-11(22-15(16(2,3)4)18-19-20-22)14(23)17-12-6-5-9-21(10-12)26(24,25)13-7-8-13/h11-13H,5-10H2,1-4H3,(H,17,23)/t11?,12-/m1/s1. The van der Waals surface area contributed by atoms with E-state index in [1.54, 1.807) is 11.2 Å². The van der Waals surface area contributed by atoms with Crippen LogP contribution in [0.25, 0.3) is 0 Å². The molecule has 0 bridgehead atoms. The van der Waals surface area contributed by atoms with Crippen molar-refractivity contribution in [1.29, 1.82) is 0 Å². The first-order valence-electron chi connectivity index (χ1n) is 9.18. The van der Waals surface area contributed by atoms with Crippen LogP contribution in [0.15, 0.2) is 0 Å². The molecule has 1 aromatic rings. The molecule has 1 aliphatic carbocycles. The van der Waals surface area contributed by atoms with Crippen LogP contribution >= 0.6 is 0 Å². The van der Waals surface area contributed by atoms with Crippen LogP contribution in [0.3, 0.4) is 0 Å². The van der Waals surface area contributed by atoms with Crippen molar-refractivity contribution in [2.45, 2.75) is 76.1 Å². The number of tetrazole rings is 1. The van der Waals surface area contributed by atoms with E-state index in [-0.39, 0.29) is 22.6 Å². The summed E-state index contributed by atoms with van der Waals surface area (Å²) in [4.78, 5) is 12.7. The van der Waals surface area contributed by atoms with Gasteiger partial charge in [-0.2, -0.15) is 4.31 Å². The number of nitrogens with one attached hydrogen (secondary N) is 1. The molecule has 0 aromatic carbocycles. The van der Waals surface area contributed by atoms with E-state index in [1.165, 1.54) is 4.68 Å². The van der Waals surface area contributed by atoms with Crippen molar-refractivity contribution in [3.8, 4) is 0 Å². The molecule has 2 aliphatic rings. The normalized spacial score (nSPS) is 23.6. The van der Waals surface area contributed by atoms with Gasteiger partial charge in [0, 0.05) is 24.5 Å². The molecule has 26 heavy (non-hydrogen) atoms.